The molecule has 0 saturated carbocycles. The van der Waals surface area contributed by atoms with Crippen LogP contribution in [-0.4, -0.2) is 31.2 Å². The van der Waals surface area contributed by atoms with E-state index in [1.165, 1.54) is 48.5 Å². The highest BCUT2D eigenvalue weighted by atomic mass is 35.5. The van der Waals surface area contributed by atoms with Crippen LogP contribution in [0.1, 0.15) is 5.56 Å². The minimum atomic E-state index is -4.39. The van der Waals surface area contributed by atoms with Crippen LogP contribution in [0.5, 0.6) is 5.75 Å². The van der Waals surface area contributed by atoms with Crippen molar-refractivity contribution in [3.63, 3.8) is 0 Å². The maximum absolute atomic E-state index is 13.2. The molecule has 3 aromatic rings. The number of imide groups is 2. The fourth-order valence-corrected chi connectivity index (χ4v) is 4.90. The van der Waals surface area contributed by atoms with Gasteiger partial charge in [-0.1, -0.05) is 47.5 Å². The zero-order valence-electron chi connectivity index (χ0n) is 18.3. The van der Waals surface area contributed by atoms with Crippen LogP contribution < -0.4 is 14.4 Å². The summed E-state index contributed by atoms with van der Waals surface area (Å²) in [5.74, 6) is -2.67. The van der Waals surface area contributed by atoms with Crippen LogP contribution in [0, 0.1) is 10.1 Å². The SMILES string of the molecule is O=C1NC(=O)N(c2cccc([N+](=O)[O-])c2)C(=O)/C1=C/c1cc(Cl)cc(Cl)c1OS(=O)(=O)c1ccccc1. The van der Waals surface area contributed by atoms with Gasteiger partial charge in [-0.3, -0.25) is 25.0 Å². The van der Waals surface area contributed by atoms with Crippen molar-refractivity contribution in [3.05, 3.63) is 98.0 Å². The van der Waals surface area contributed by atoms with Crippen LogP contribution in [0.3, 0.4) is 0 Å². The zero-order valence-corrected chi connectivity index (χ0v) is 20.6. The number of non-ortho nitro benzene ring substituents is 1. The molecule has 4 rings (SSSR count). The Morgan fingerprint density at radius 2 is 1.68 bits per heavy atom. The lowest BCUT2D eigenvalue weighted by Gasteiger charge is -2.26. The maximum atomic E-state index is 13.2. The Kier molecular flexibility index (Phi) is 6.99. The van der Waals surface area contributed by atoms with Gasteiger partial charge in [0.1, 0.15) is 10.5 Å². The van der Waals surface area contributed by atoms with Gasteiger partial charge in [0.2, 0.25) is 0 Å². The van der Waals surface area contributed by atoms with E-state index in [9.17, 15) is 32.9 Å². The van der Waals surface area contributed by atoms with Crippen molar-refractivity contribution in [2.75, 3.05) is 4.90 Å². The molecule has 37 heavy (non-hydrogen) atoms. The number of urea groups is 1. The number of nitrogens with one attached hydrogen (secondary N) is 1. The zero-order chi connectivity index (χ0) is 26.9. The van der Waals surface area contributed by atoms with E-state index in [0.29, 0.717) is 4.90 Å². The molecule has 1 aliphatic heterocycles. The van der Waals surface area contributed by atoms with Gasteiger partial charge in [0, 0.05) is 22.7 Å². The number of nitrogens with zero attached hydrogens (tertiary/aromatic N) is 2. The van der Waals surface area contributed by atoms with Crippen LogP contribution in [0.2, 0.25) is 10.0 Å². The third kappa shape index (κ3) is 5.31. The molecule has 14 heteroatoms. The van der Waals surface area contributed by atoms with Gasteiger partial charge in [-0.25, -0.2) is 9.69 Å². The fourth-order valence-electron chi connectivity index (χ4n) is 3.31. The molecule has 1 saturated heterocycles. The lowest BCUT2D eigenvalue weighted by molar-refractivity contribution is -0.384. The molecule has 0 radical (unpaired) electrons. The molecule has 0 atom stereocenters. The minimum Gasteiger partial charge on any atom is -0.377 e. The van der Waals surface area contributed by atoms with Crippen molar-refractivity contribution >= 4 is 68.6 Å². The third-order valence-electron chi connectivity index (χ3n) is 4.96. The fraction of sp³-hybridized carbons (Fsp3) is 0. The van der Waals surface area contributed by atoms with E-state index in [2.05, 4.69) is 0 Å². The van der Waals surface area contributed by atoms with Crippen LogP contribution in [0.15, 0.2) is 77.2 Å². The first kappa shape index (κ1) is 25.8. The average Bonchev–Trinajstić information content (AvgIpc) is 2.84. The normalized spacial score (nSPS) is 15.0. The first-order valence-electron chi connectivity index (χ1n) is 10.1. The highest BCUT2D eigenvalue weighted by Gasteiger charge is 2.37. The molecular formula is C23H13Cl2N3O8S. The van der Waals surface area contributed by atoms with Crippen molar-refractivity contribution in [2.24, 2.45) is 0 Å². The number of hydrogen-bond acceptors (Lipinski definition) is 8. The number of rotatable bonds is 6. The summed E-state index contributed by atoms with van der Waals surface area (Å²) in [4.78, 5) is 49.0. The average molecular weight is 562 g/mol. The number of nitro groups is 1. The van der Waals surface area contributed by atoms with Crippen molar-refractivity contribution < 1.29 is 31.9 Å². The highest BCUT2D eigenvalue weighted by molar-refractivity contribution is 7.87. The summed E-state index contributed by atoms with van der Waals surface area (Å²) in [5.41, 5.74) is -1.36. The molecule has 188 valence electrons. The second-order valence-corrected chi connectivity index (χ2v) is 9.78. The Morgan fingerprint density at radius 3 is 2.35 bits per heavy atom. The first-order valence-corrected chi connectivity index (χ1v) is 12.3. The van der Waals surface area contributed by atoms with E-state index < -0.39 is 49.9 Å². The predicted octanol–water partition coefficient (Wildman–Crippen LogP) is 4.34. The van der Waals surface area contributed by atoms with Gasteiger partial charge in [0.25, 0.3) is 17.5 Å². The van der Waals surface area contributed by atoms with Crippen molar-refractivity contribution in [2.45, 2.75) is 4.90 Å². The Bertz CT molecular complexity index is 1610. The molecule has 1 fully saturated rings. The molecule has 0 unspecified atom stereocenters. The molecule has 1 aliphatic rings. The second-order valence-electron chi connectivity index (χ2n) is 7.39. The number of amides is 4. The highest BCUT2D eigenvalue weighted by Crippen LogP contribution is 2.36. The number of nitro benzene ring substituents is 1. The Morgan fingerprint density at radius 1 is 0.973 bits per heavy atom. The van der Waals surface area contributed by atoms with Crippen molar-refractivity contribution in [1.29, 1.82) is 0 Å². The van der Waals surface area contributed by atoms with Crippen molar-refractivity contribution in [1.82, 2.24) is 5.32 Å². The summed E-state index contributed by atoms with van der Waals surface area (Å²) in [5, 5.41) is 12.9. The lowest BCUT2D eigenvalue weighted by Crippen LogP contribution is -2.54. The van der Waals surface area contributed by atoms with E-state index in [4.69, 9.17) is 27.4 Å². The monoisotopic (exact) mass is 561 g/mol. The summed E-state index contributed by atoms with van der Waals surface area (Å²) in [6, 6.07) is 13.0. The van der Waals surface area contributed by atoms with Crippen LogP contribution in [-0.2, 0) is 19.7 Å². The Labute approximate surface area is 219 Å². The summed E-state index contributed by atoms with van der Waals surface area (Å²) >= 11 is 12.3. The quantitative estimate of drug-likeness (QED) is 0.153. The molecular weight excluding hydrogens is 549 g/mol. The molecule has 3 aromatic carbocycles. The standard InChI is InChI=1S/C23H13Cl2N3O8S/c24-14-9-13(20(19(25)11-14)36-37(34,35)17-7-2-1-3-8-17)10-18-21(29)26-23(31)27(22(18)30)15-5-4-6-16(12-15)28(32)33/h1-12H,(H,26,29,31)/b18-10+. The number of anilines is 1. The van der Waals surface area contributed by atoms with Gasteiger partial charge < -0.3 is 4.18 Å². The Hall–Kier alpha value is -4.26. The van der Waals surface area contributed by atoms with E-state index in [0.717, 1.165) is 18.2 Å². The van der Waals surface area contributed by atoms with Crippen LogP contribution >= 0.6 is 23.2 Å². The van der Waals surface area contributed by atoms with Crippen LogP contribution in [0.25, 0.3) is 6.08 Å². The number of benzene rings is 3. The molecule has 11 nitrogen and oxygen atoms in total. The molecule has 1 heterocycles. The molecule has 0 aromatic heterocycles. The first-order chi connectivity index (χ1) is 17.5. The molecule has 0 bridgehead atoms. The number of carbonyl (C=O) groups is 3. The number of hydrogen-bond donors (Lipinski definition) is 1. The number of barbiturate groups is 1. The van der Waals surface area contributed by atoms with Gasteiger partial charge in [0.15, 0.2) is 5.75 Å². The second kappa shape index (κ2) is 10.0. The van der Waals surface area contributed by atoms with E-state index >= 15 is 0 Å². The maximum Gasteiger partial charge on any atom is 0.339 e. The van der Waals surface area contributed by atoms with E-state index in [1.807, 2.05) is 5.32 Å². The van der Waals surface area contributed by atoms with E-state index in [1.54, 1.807) is 6.07 Å². The van der Waals surface area contributed by atoms with Crippen LogP contribution in [0.4, 0.5) is 16.2 Å². The lowest BCUT2D eigenvalue weighted by atomic mass is 10.1. The van der Waals surface area contributed by atoms with E-state index in [-0.39, 0.29) is 26.2 Å². The molecule has 0 spiro atoms. The minimum absolute atomic E-state index is 0.0246. The number of halogens is 2. The topological polar surface area (TPSA) is 153 Å². The third-order valence-corrected chi connectivity index (χ3v) is 6.70. The smallest absolute Gasteiger partial charge is 0.339 e. The predicted molar refractivity (Wildman–Crippen MR) is 133 cm³/mol. The van der Waals surface area contributed by atoms with Gasteiger partial charge >= 0.3 is 16.1 Å². The molecule has 4 amide bonds. The van der Waals surface area contributed by atoms with Crippen molar-refractivity contribution in [3.8, 4) is 5.75 Å². The Balaban J connectivity index is 1.80. The molecule has 1 N–H and O–H groups in total. The summed E-state index contributed by atoms with van der Waals surface area (Å²) < 4.78 is 30.8. The van der Waals surface area contributed by atoms with Gasteiger partial charge in [-0.05, 0) is 36.4 Å². The summed E-state index contributed by atoms with van der Waals surface area (Å²) in [6.45, 7) is 0. The summed E-state index contributed by atoms with van der Waals surface area (Å²) in [6.07, 6.45) is 0.946. The summed E-state index contributed by atoms with van der Waals surface area (Å²) in [7, 11) is -4.39. The van der Waals surface area contributed by atoms with Gasteiger partial charge in [-0.15, -0.1) is 0 Å². The van der Waals surface area contributed by atoms with Gasteiger partial charge in [-0.2, -0.15) is 8.42 Å². The number of carbonyl (C=O) groups excluding carboxylic acids is 3. The largest absolute Gasteiger partial charge is 0.377 e. The molecule has 0 aliphatic carbocycles. The van der Waals surface area contributed by atoms with Gasteiger partial charge in [0.05, 0.1) is 15.6 Å².